The van der Waals surface area contributed by atoms with Crippen LogP contribution < -0.4 is 20.1 Å². The van der Waals surface area contributed by atoms with Gasteiger partial charge in [-0.1, -0.05) is 31.2 Å². The van der Waals surface area contributed by atoms with E-state index in [0.717, 1.165) is 37.4 Å². The summed E-state index contributed by atoms with van der Waals surface area (Å²) in [5.74, 6) is 1.64. The molecule has 3 atom stereocenters. The van der Waals surface area contributed by atoms with Crippen molar-refractivity contribution in [2.24, 2.45) is 0 Å². The predicted molar refractivity (Wildman–Crippen MR) is 104 cm³/mol. The van der Waals surface area contributed by atoms with Crippen LogP contribution in [-0.4, -0.2) is 26.8 Å². The van der Waals surface area contributed by atoms with E-state index in [1.54, 1.807) is 19.1 Å². The van der Waals surface area contributed by atoms with Crippen molar-refractivity contribution in [1.29, 1.82) is 0 Å². The van der Waals surface area contributed by atoms with E-state index in [2.05, 4.69) is 56.0 Å². The fraction of sp³-hybridized carbons (Fsp3) is 0.455. The number of rotatable bonds is 6. The predicted octanol–water partition coefficient (Wildman–Crippen LogP) is 1.72. The fourth-order valence-corrected chi connectivity index (χ4v) is 4.19. The van der Waals surface area contributed by atoms with Gasteiger partial charge in [-0.3, -0.25) is 0 Å². The SMILES string of the molecule is CC[C@@H]([NH3+])[C@@H]1c2cc(OC)c(OC)cc2CC[NH+]1Cc1ccccc1C. The molecule has 1 heterocycles. The Morgan fingerprint density at radius 2 is 1.85 bits per heavy atom. The lowest BCUT2D eigenvalue weighted by molar-refractivity contribution is -0.957. The van der Waals surface area contributed by atoms with E-state index in [0.29, 0.717) is 12.1 Å². The van der Waals surface area contributed by atoms with Crippen molar-refractivity contribution in [1.82, 2.24) is 0 Å². The third-order valence-electron chi connectivity index (χ3n) is 5.81. The molecule has 2 aromatic rings. The Kier molecular flexibility index (Phi) is 5.84. The maximum Gasteiger partial charge on any atom is 0.166 e. The van der Waals surface area contributed by atoms with Gasteiger partial charge in [-0.05, 0) is 30.2 Å². The highest BCUT2D eigenvalue weighted by Crippen LogP contribution is 2.35. The molecule has 0 bridgehead atoms. The topological polar surface area (TPSA) is 50.5 Å². The van der Waals surface area contributed by atoms with Crippen molar-refractivity contribution in [3.05, 3.63) is 58.7 Å². The Labute approximate surface area is 156 Å². The monoisotopic (exact) mass is 356 g/mol. The summed E-state index contributed by atoms with van der Waals surface area (Å²) >= 11 is 0. The first-order chi connectivity index (χ1) is 12.6. The molecule has 1 unspecified atom stereocenters. The number of quaternary nitrogens is 2. The molecule has 0 radical (unpaired) electrons. The van der Waals surface area contributed by atoms with Crippen LogP contribution >= 0.6 is 0 Å². The van der Waals surface area contributed by atoms with Crippen LogP contribution in [0.5, 0.6) is 11.5 Å². The molecule has 0 fully saturated rings. The number of nitrogens with one attached hydrogen (secondary N) is 1. The summed E-state index contributed by atoms with van der Waals surface area (Å²) in [5, 5.41) is 0. The maximum absolute atomic E-state index is 5.58. The van der Waals surface area contributed by atoms with Gasteiger partial charge in [0.15, 0.2) is 17.5 Å². The number of ether oxygens (including phenoxy) is 2. The minimum Gasteiger partial charge on any atom is -0.493 e. The van der Waals surface area contributed by atoms with Crippen LogP contribution in [0.4, 0.5) is 0 Å². The Hall–Kier alpha value is -2.04. The second-order valence-corrected chi connectivity index (χ2v) is 7.31. The Morgan fingerprint density at radius 3 is 2.50 bits per heavy atom. The zero-order valence-electron chi connectivity index (χ0n) is 16.5. The largest absolute Gasteiger partial charge is 0.493 e. The van der Waals surface area contributed by atoms with Crippen LogP contribution in [0.15, 0.2) is 36.4 Å². The van der Waals surface area contributed by atoms with Gasteiger partial charge in [0.1, 0.15) is 12.6 Å². The minimum absolute atomic E-state index is 0.367. The number of benzene rings is 2. The second kappa shape index (κ2) is 8.11. The van der Waals surface area contributed by atoms with E-state index in [-0.39, 0.29) is 0 Å². The molecule has 0 spiro atoms. The van der Waals surface area contributed by atoms with Crippen LogP contribution in [0.2, 0.25) is 0 Å². The molecule has 0 saturated carbocycles. The summed E-state index contributed by atoms with van der Waals surface area (Å²) < 4.78 is 11.1. The second-order valence-electron chi connectivity index (χ2n) is 7.31. The highest BCUT2D eigenvalue weighted by atomic mass is 16.5. The van der Waals surface area contributed by atoms with Crippen LogP contribution in [0, 0.1) is 6.92 Å². The zero-order valence-corrected chi connectivity index (χ0v) is 16.5. The highest BCUT2D eigenvalue weighted by molar-refractivity contribution is 5.49. The summed E-state index contributed by atoms with van der Waals surface area (Å²) in [6.07, 6.45) is 2.12. The molecule has 0 amide bonds. The van der Waals surface area contributed by atoms with Gasteiger partial charge in [0.2, 0.25) is 0 Å². The van der Waals surface area contributed by atoms with Gasteiger partial charge in [-0.15, -0.1) is 0 Å². The third kappa shape index (κ3) is 3.57. The number of hydrogen-bond donors (Lipinski definition) is 2. The summed E-state index contributed by atoms with van der Waals surface area (Å²) in [6, 6.07) is 13.8. The molecule has 0 aliphatic carbocycles. The Bertz CT molecular complexity index is 760. The standard InChI is InChI=1S/C22H30N2O2/c1-5-19(23)22-18-13-21(26-4)20(25-3)12-16(18)10-11-24(22)14-17-9-7-6-8-15(17)2/h6-9,12-13,19,22H,5,10-11,14,23H2,1-4H3/p+2/t19-,22+/m1/s1. The number of methoxy groups -OCH3 is 2. The molecule has 4 heteroatoms. The van der Waals surface area contributed by atoms with Gasteiger partial charge < -0.3 is 20.1 Å². The molecule has 4 N–H and O–H groups in total. The molecule has 26 heavy (non-hydrogen) atoms. The zero-order chi connectivity index (χ0) is 18.7. The number of hydrogen-bond acceptors (Lipinski definition) is 2. The normalized spacial score (nSPS) is 20.3. The van der Waals surface area contributed by atoms with Gasteiger partial charge in [-0.2, -0.15) is 0 Å². The summed E-state index contributed by atoms with van der Waals surface area (Å²) in [4.78, 5) is 1.60. The first-order valence-corrected chi connectivity index (χ1v) is 9.56. The average Bonchev–Trinajstić information content (AvgIpc) is 2.67. The molecular weight excluding hydrogens is 324 g/mol. The third-order valence-corrected chi connectivity index (χ3v) is 5.81. The Balaban J connectivity index is 2.00. The smallest absolute Gasteiger partial charge is 0.166 e. The average molecular weight is 357 g/mol. The minimum atomic E-state index is 0.367. The van der Waals surface area contributed by atoms with Crippen LogP contribution in [0.25, 0.3) is 0 Å². The van der Waals surface area contributed by atoms with Crippen molar-refractivity contribution in [3.8, 4) is 11.5 Å². The molecule has 0 aromatic heterocycles. The first-order valence-electron chi connectivity index (χ1n) is 9.56. The van der Waals surface area contributed by atoms with E-state index in [9.17, 15) is 0 Å². The van der Waals surface area contributed by atoms with E-state index >= 15 is 0 Å². The van der Waals surface area contributed by atoms with Crippen LogP contribution in [0.1, 0.15) is 41.6 Å². The van der Waals surface area contributed by atoms with Gasteiger partial charge in [-0.25, -0.2) is 0 Å². The highest BCUT2D eigenvalue weighted by Gasteiger charge is 2.38. The first kappa shape index (κ1) is 18.7. The van der Waals surface area contributed by atoms with Crippen LogP contribution in [-0.2, 0) is 13.0 Å². The molecule has 140 valence electrons. The lowest BCUT2D eigenvalue weighted by Crippen LogP contribution is -3.14. The van der Waals surface area contributed by atoms with Gasteiger partial charge in [0.05, 0.1) is 20.8 Å². The molecule has 3 rings (SSSR count). The molecule has 4 nitrogen and oxygen atoms in total. The number of fused-ring (bicyclic) bond motifs is 1. The molecule has 0 saturated heterocycles. The Morgan fingerprint density at radius 1 is 1.15 bits per heavy atom. The molecule has 2 aromatic carbocycles. The summed E-state index contributed by atoms with van der Waals surface area (Å²) in [5.41, 5.74) is 10.1. The van der Waals surface area contributed by atoms with Gasteiger partial charge >= 0.3 is 0 Å². The molecule has 1 aliphatic rings. The van der Waals surface area contributed by atoms with Gasteiger partial charge in [0, 0.05) is 24.0 Å². The maximum atomic E-state index is 5.58. The van der Waals surface area contributed by atoms with E-state index in [4.69, 9.17) is 9.47 Å². The summed E-state index contributed by atoms with van der Waals surface area (Å²) in [7, 11) is 3.41. The van der Waals surface area contributed by atoms with E-state index < -0.39 is 0 Å². The van der Waals surface area contributed by atoms with Crippen molar-refractivity contribution >= 4 is 0 Å². The van der Waals surface area contributed by atoms with Crippen molar-refractivity contribution in [3.63, 3.8) is 0 Å². The van der Waals surface area contributed by atoms with E-state index in [1.807, 2.05) is 0 Å². The molecule has 1 aliphatic heterocycles. The lowest BCUT2D eigenvalue weighted by Gasteiger charge is -2.36. The van der Waals surface area contributed by atoms with Crippen LogP contribution in [0.3, 0.4) is 0 Å². The fourth-order valence-electron chi connectivity index (χ4n) is 4.19. The summed E-state index contributed by atoms with van der Waals surface area (Å²) in [6.45, 7) is 6.60. The lowest BCUT2D eigenvalue weighted by atomic mass is 9.86. The van der Waals surface area contributed by atoms with Crippen molar-refractivity contribution in [2.45, 2.75) is 45.3 Å². The van der Waals surface area contributed by atoms with Crippen molar-refractivity contribution in [2.75, 3.05) is 20.8 Å². The van der Waals surface area contributed by atoms with Gasteiger partial charge in [0.25, 0.3) is 0 Å². The quantitative estimate of drug-likeness (QED) is 0.828. The van der Waals surface area contributed by atoms with Crippen molar-refractivity contribution < 1.29 is 20.1 Å². The number of aryl methyl sites for hydroxylation is 1. The van der Waals surface area contributed by atoms with E-state index in [1.165, 1.54) is 22.3 Å². The molecular formula is C22H32N2O2+2.